The molecule has 55 valence electrons. The lowest BCUT2D eigenvalue weighted by molar-refractivity contribution is 1.31. The third kappa shape index (κ3) is 10.9. The van der Waals surface area contributed by atoms with Crippen molar-refractivity contribution < 1.29 is 0 Å². The normalized spacial score (nSPS) is 14.0. The lowest BCUT2D eigenvalue weighted by Crippen LogP contribution is -2.12. The van der Waals surface area contributed by atoms with Crippen molar-refractivity contribution in [2.45, 2.75) is 4.29 Å². The first kappa shape index (κ1) is 11.9. The largest absolute Gasteiger partial charge is 0.141 e. The van der Waals surface area contributed by atoms with Crippen LogP contribution in [0.3, 0.4) is 0 Å². The summed E-state index contributed by atoms with van der Waals surface area (Å²) in [7, 11) is 0. The van der Waals surface area contributed by atoms with E-state index in [1.165, 1.54) is 0 Å². The zero-order chi connectivity index (χ0) is 7.71. The first-order valence-corrected chi connectivity index (χ1v) is 6.47. The second kappa shape index (κ2) is 4.21. The van der Waals surface area contributed by atoms with Gasteiger partial charge >= 0.3 is 0 Å². The molecule has 0 bridgehead atoms. The van der Waals surface area contributed by atoms with Crippen LogP contribution in [0, 0.1) is 6.42 Å². The Labute approximate surface area is 105 Å². The highest BCUT2D eigenvalue weighted by Gasteiger charge is 2.30. The monoisotopic (exact) mass is 511 g/mol. The van der Waals surface area contributed by atoms with Gasteiger partial charge in [0.15, 0.2) is 0 Å². The Bertz CT molecular complexity index is 73.5. The maximum absolute atomic E-state index is 3.30. The predicted molar refractivity (Wildman–Crippen MR) is 63.3 cm³/mol. The SMILES string of the molecule is BrC(Br)(Br)[CH]C(Br)(Br)Br. The van der Waals surface area contributed by atoms with Crippen molar-refractivity contribution in [1.29, 1.82) is 0 Å². The van der Waals surface area contributed by atoms with Crippen molar-refractivity contribution in [1.82, 2.24) is 0 Å². The van der Waals surface area contributed by atoms with Gasteiger partial charge in [-0.25, -0.2) is 0 Å². The molecule has 0 aliphatic carbocycles. The van der Waals surface area contributed by atoms with Crippen LogP contribution in [-0.2, 0) is 0 Å². The molecule has 0 fully saturated rings. The summed E-state index contributed by atoms with van der Waals surface area (Å²) in [5.41, 5.74) is 0. The zero-order valence-corrected chi connectivity index (χ0v) is 13.4. The Kier molecular flexibility index (Phi) is 5.56. The molecule has 0 aliphatic heterocycles. The minimum Gasteiger partial charge on any atom is -0.0595 e. The van der Waals surface area contributed by atoms with Gasteiger partial charge in [0.1, 0.15) is 4.29 Å². The molecule has 6 heteroatoms. The molecule has 0 atom stereocenters. The topological polar surface area (TPSA) is 0 Å². The number of alkyl halides is 6. The van der Waals surface area contributed by atoms with Gasteiger partial charge in [-0.3, -0.25) is 0 Å². The van der Waals surface area contributed by atoms with E-state index in [1.54, 1.807) is 0 Å². The maximum Gasteiger partial charge on any atom is 0.141 e. The number of hydrogen-bond donors (Lipinski definition) is 0. The summed E-state index contributed by atoms with van der Waals surface area (Å²) in [5, 5.41) is 0. The number of halogens is 6. The fraction of sp³-hybridized carbons (Fsp3) is 0.667. The van der Waals surface area contributed by atoms with Crippen molar-refractivity contribution in [3.63, 3.8) is 0 Å². The molecule has 0 aromatic heterocycles. The Morgan fingerprint density at radius 3 is 0.889 bits per heavy atom. The molecule has 0 amide bonds. The Morgan fingerprint density at radius 1 is 0.667 bits per heavy atom. The standard InChI is InChI=1S/C3HBr6/c4-2(5,6)1-3(7,8)9/h1H. The quantitative estimate of drug-likeness (QED) is 0.404. The lowest BCUT2D eigenvalue weighted by atomic mass is 10.6. The first-order chi connectivity index (χ1) is 3.71. The van der Waals surface area contributed by atoms with Crippen molar-refractivity contribution in [2.75, 3.05) is 0 Å². The van der Waals surface area contributed by atoms with Crippen LogP contribution in [0.25, 0.3) is 0 Å². The van der Waals surface area contributed by atoms with Crippen molar-refractivity contribution in [3.05, 3.63) is 6.42 Å². The van der Waals surface area contributed by atoms with E-state index in [4.69, 9.17) is 0 Å². The van der Waals surface area contributed by atoms with E-state index in [0.717, 1.165) is 0 Å². The van der Waals surface area contributed by atoms with Gasteiger partial charge in [-0.15, -0.1) is 0 Å². The van der Waals surface area contributed by atoms with Gasteiger partial charge in [0, 0.05) is 6.42 Å². The molecular formula is C3HBr6. The van der Waals surface area contributed by atoms with Crippen molar-refractivity contribution in [3.8, 4) is 0 Å². The van der Waals surface area contributed by atoms with Gasteiger partial charge in [0.25, 0.3) is 0 Å². The van der Waals surface area contributed by atoms with Crippen LogP contribution in [0.15, 0.2) is 0 Å². The van der Waals surface area contributed by atoms with Crippen LogP contribution in [0.5, 0.6) is 0 Å². The fourth-order valence-electron chi connectivity index (χ4n) is 0.186. The molecule has 0 aromatic rings. The summed E-state index contributed by atoms with van der Waals surface area (Å²) in [6, 6.07) is 0. The second-order valence-electron chi connectivity index (χ2n) is 1.23. The fourth-order valence-corrected chi connectivity index (χ4v) is 5.01. The van der Waals surface area contributed by atoms with Gasteiger partial charge < -0.3 is 0 Å². The minimum absolute atomic E-state index is 0.344. The molecule has 0 aliphatic rings. The third-order valence-electron chi connectivity index (χ3n) is 0.327. The molecule has 0 unspecified atom stereocenters. The van der Waals surface area contributed by atoms with E-state index in [1.807, 2.05) is 6.42 Å². The highest BCUT2D eigenvalue weighted by Crippen LogP contribution is 2.48. The average Bonchev–Trinajstić information content (AvgIpc) is 1.14. The molecule has 0 nitrogen and oxygen atoms in total. The van der Waals surface area contributed by atoms with Crippen LogP contribution in [-0.4, -0.2) is 4.29 Å². The average molecular weight is 516 g/mol. The van der Waals surface area contributed by atoms with Crippen molar-refractivity contribution >= 4 is 95.6 Å². The Morgan fingerprint density at radius 2 is 0.889 bits per heavy atom. The Hall–Kier alpha value is 2.88. The zero-order valence-electron chi connectivity index (χ0n) is 3.85. The third-order valence-corrected chi connectivity index (χ3v) is 1.70. The number of hydrogen-bond acceptors (Lipinski definition) is 0. The summed E-state index contributed by atoms with van der Waals surface area (Å²) in [4.78, 5) is 0. The van der Waals surface area contributed by atoms with Gasteiger partial charge in [0.2, 0.25) is 0 Å². The summed E-state index contributed by atoms with van der Waals surface area (Å²) in [5.74, 6) is 0. The Balaban J connectivity index is 3.75. The summed E-state index contributed by atoms with van der Waals surface area (Å²) < 4.78 is -0.688. The molecule has 0 N–H and O–H groups in total. The molecule has 0 saturated carbocycles. The van der Waals surface area contributed by atoms with Crippen molar-refractivity contribution in [2.24, 2.45) is 0 Å². The predicted octanol–water partition coefficient (Wildman–Crippen LogP) is 4.87. The minimum atomic E-state index is -0.344. The smallest absolute Gasteiger partial charge is 0.0595 e. The number of rotatable bonds is 0. The van der Waals surface area contributed by atoms with Crippen LogP contribution in [0.2, 0.25) is 0 Å². The second-order valence-corrected chi connectivity index (χ2v) is 15.1. The van der Waals surface area contributed by atoms with E-state index in [2.05, 4.69) is 95.6 Å². The van der Waals surface area contributed by atoms with E-state index in [0.29, 0.717) is 0 Å². The molecule has 1 radical (unpaired) electrons. The molecule has 0 aromatic carbocycles. The van der Waals surface area contributed by atoms with Gasteiger partial charge in [-0.2, -0.15) is 0 Å². The molecule has 9 heavy (non-hydrogen) atoms. The van der Waals surface area contributed by atoms with Crippen LogP contribution >= 0.6 is 95.6 Å². The maximum atomic E-state index is 3.30. The molecule has 0 spiro atoms. The van der Waals surface area contributed by atoms with E-state index >= 15 is 0 Å². The van der Waals surface area contributed by atoms with E-state index in [-0.39, 0.29) is 4.29 Å². The van der Waals surface area contributed by atoms with Gasteiger partial charge in [-0.1, -0.05) is 95.6 Å². The molecule has 0 heterocycles. The van der Waals surface area contributed by atoms with Crippen LogP contribution in [0.1, 0.15) is 0 Å². The highest BCUT2D eigenvalue weighted by molar-refractivity contribution is 9.41. The first-order valence-electron chi connectivity index (χ1n) is 1.71. The molecule has 0 saturated heterocycles. The molecule has 0 rings (SSSR count). The summed E-state index contributed by atoms with van der Waals surface area (Å²) >= 11 is 19.8. The summed E-state index contributed by atoms with van der Waals surface area (Å²) in [6.07, 6.45) is 1.88. The lowest BCUT2D eigenvalue weighted by Gasteiger charge is -2.18. The molecular weight excluding hydrogens is 515 g/mol. The van der Waals surface area contributed by atoms with E-state index in [9.17, 15) is 0 Å². The van der Waals surface area contributed by atoms with E-state index < -0.39 is 0 Å². The highest BCUT2D eigenvalue weighted by atomic mass is 80.0. The summed E-state index contributed by atoms with van der Waals surface area (Å²) in [6.45, 7) is 0. The van der Waals surface area contributed by atoms with Gasteiger partial charge in [0.05, 0.1) is 0 Å². The van der Waals surface area contributed by atoms with Crippen LogP contribution in [0.4, 0.5) is 0 Å². The van der Waals surface area contributed by atoms with Gasteiger partial charge in [-0.05, 0) is 0 Å². The van der Waals surface area contributed by atoms with Crippen LogP contribution < -0.4 is 0 Å².